The van der Waals surface area contributed by atoms with E-state index in [9.17, 15) is 0 Å². The largest absolute Gasteiger partial charge is 0.308 e. The first-order valence-electron chi connectivity index (χ1n) is 3.33. The van der Waals surface area contributed by atoms with Crippen LogP contribution >= 0.6 is 11.6 Å². The summed E-state index contributed by atoms with van der Waals surface area (Å²) < 4.78 is 0. The number of amidine groups is 1. The van der Waals surface area contributed by atoms with E-state index < -0.39 is 0 Å². The van der Waals surface area contributed by atoms with Gasteiger partial charge >= 0.3 is 0 Å². The van der Waals surface area contributed by atoms with Gasteiger partial charge in [0.05, 0.1) is 5.02 Å². The number of aliphatic imine (C=N–C) groups is 1. The zero-order valence-electron chi connectivity index (χ0n) is 6.58. The average molecular weight is 185 g/mol. The molecule has 1 aromatic heterocycles. The van der Waals surface area contributed by atoms with Crippen molar-refractivity contribution in [2.45, 2.75) is 0 Å². The van der Waals surface area contributed by atoms with Gasteiger partial charge in [0.1, 0.15) is 5.84 Å². The topological polar surface area (TPSA) is 63.3 Å². The Balaban J connectivity index is 3.10. The standard InChI is InChI=1S/C7H9ClN4/c1-10-7(12-9)5-2-3-11-4-6(5)8/h2-4H,9H2,1H3,(H,10,12). The average Bonchev–Trinajstić information content (AvgIpc) is 2.10. The highest BCUT2D eigenvalue weighted by molar-refractivity contribution is 6.33. The Kier molecular flexibility index (Phi) is 3.01. The normalized spacial score (nSPS) is 11.4. The highest BCUT2D eigenvalue weighted by atomic mass is 35.5. The van der Waals surface area contributed by atoms with Crippen LogP contribution < -0.4 is 11.3 Å². The van der Waals surface area contributed by atoms with E-state index in [4.69, 9.17) is 17.4 Å². The van der Waals surface area contributed by atoms with Crippen LogP contribution in [0.25, 0.3) is 0 Å². The van der Waals surface area contributed by atoms with E-state index in [-0.39, 0.29) is 0 Å². The maximum Gasteiger partial charge on any atom is 0.143 e. The highest BCUT2D eigenvalue weighted by Crippen LogP contribution is 2.12. The third-order valence-corrected chi connectivity index (χ3v) is 1.69. The van der Waals surface area contributed by atoms with Gasteiger partial charge in [-0.05, 0) is 6.07 Å². The molecule has 1 heterocycles. The van der Waals surface area contributed by atoms with Crippen LogP contribution in [0.15, 0.2) is 23.5 Å². The lowest BCUT2D eigenvalue weighted by molar-refractivity contribution is 1.02. The Morgan fingerprint density at radius 2 is 2.50 bits per heavy atom. The van der Waals surface area contributed by atoms with Crippen LogP contribution in [0.2, 0.25) is 5.02 Å². The van der Waals surface area contributed by atoms with Crippen LogP contribution in [0, 0.1) is 0 Å². The van der Waals surface area contributed by atoms with E-state index in [0.717, 1.165) is 5.56 Å². The predicted octanol–water partition coefficient (Wildman–Crippen LogP) is 0.575. The summed E-state index contributed by atoms with van der Waals surface area (Å²) in [6, 6.07) is 1.74. The van der Waals surface area contributed by atoms with Crippen molar-refractivity contribution in [3.8, 4) is 0 Å². The maximum atomic E-state index is 5.84. The molecule has 12 heavy (non-hydrogen) atoms. The lowest BCUT2D eigenvalue weighted by Crippen LogP contribution is -2.31. The number of hydrazine groups is 1. The van der Waals surface area contributed by atoms with E-state index in [2.05, 4.69) is 15.4 Å². The van der Waals surface area contributed by atoms with Gasteiger partial charge in [-0.1, -0.05) is 11.6 Å². The summed E-state index contributed by atoms with van der Waals surface area (Å²) in [6.07, 6.45) is 3.17. The molecule has 0 amide bonds. The van der Waals surface area contributed by atoms with Crippen LogP contribution in [-0.2, 0) is 0 Å². The second kappa shape index (κ2) is 4.04. The first-order chi connectivity index (χ1) is 5.79. The molecule has 3 N–H and O–H groups in total. The summed E-state index contributed by atoms with van der Waals surface area (Å²) in [5, 5.41) is 0.524. The zero-order valence-corrected chi connectivity index (χ0v) is 7.34. The lowest BCUT2D eigenvalue weighted by Gasteiger charge is -2.04. The molecule has 0 fully saturated rings. The predicted molar refractivity (Wildman–Crippen MR) is 49.0 cm³/mol. The maximum absolute atomic E-state index is 5.84. The minimum absolute atomic E-state index is 0.524. The third kappa shape index (κ3) is 1.72. The summed E-state index contributed by atoms with van der Waals surface area (Å²) in [5.41, 5.74) is 3.19. The first kappa shape index (κ1) is 8.96. The summed E-state index contributed by atoms with van der Waals surface area (Å²) in [4.78, 5) is 7.75. The summed E-state index contributed by atoms with van der Waals surface area (Å²) >= 11 is 5.84. The van der Waals surface area contributed by atoms with Gasteiger partial charge in [-0.3, -0.25) is 9.98 Å². The number of hydrogen-bond donors (Lipinski definition) is 2. The van der Waals surface area contributed by atoms with Crippen molar-refractivity contribution < 1.29 is 0 Å². The number of nitrogens with zero attached hydrogens (tertiary/aromatic N) is 2. The van der Waals surface area contributed by atoms with Crippen molar-refractivity contribution in [3.05, 3.63) is 29.0 Å². The van der Waals surface area contributed by atoms with Crippen LogP contribution in [0.4, 0.5) is 0 Å². The zero-order chi connectivity index (χ0) is 8.97. The Hall–Kier alpha value is -1.13. The summed E-state index contributed by atoms with van der Waals surface area (Å²) in [7, 11) is 1.63. The van der Waals surface area contributed by atoms with E-state index in [1.165, 1.54) is 0 Å². The number of nitrogens with one attached hydrogen (secondary N) is 1. The molecule has 64 valence electrons. The van der Waals surface area contributed by atoms with E-state index in [0.29, 0.717) is 10.9 Å². The van der Waals surface area contributed by atoms with E-state index >= 15 is 0 Å². The molecule has 0 atom stereocenters. The van der Waals surface area contributed by atoms with E-state index in [1.54, 1.807) is 25.5 Å². The highest BCUT2D eigenvalue weighted by Gasteiger charge is 2.04. The van der Waals surface area contributed by atoms with Gasteiger partial charge in [-0.15, -0.1) is 0 Å². The summed E-state index contributed by atoms with van der Waals surface area (Å²) in [6.45, 7) is 0. The van der Waals surface area contributed by atoms with Gasteiger partial charge in [-0.25, -0.2) is 5.84 Å². The molecule has 0 aliphatic carbocycles. The fourth-order valence-electron chi connectivity index (χ4n) is 0.830. The molecule has 1 aromatic rings. The number of nitrogens with two attached hydrogens (primary N) is 1. The number of pyridine rings is 1. The second-order valence-corrected chi connectivity index (χ2v) is 2.48. The van der Waals surface area contributed by atoms with Crippen molar-refractivity contribution in [2.75, 3.05) is 7.05 Å². The molecule has 0 unspecified atom stereocenters. The molecular formula is C7H9ClN4. The minimum atomic E-state index is 0.524. The molecule has 1 rings (SSSR count). The van der Waals surface area contributed by atoms with Crippen molar-refractivity contribution in [1.82, 2.24) is 10.4 Å². The molecule has 0 aromatic carbocycles. The molecule has 0 spiro atoms. The monoisotopic (exact) mass is 184 g/mol. The summed E-state index contributed by atoms with van der Waals surface area (Å²) in [5.74, 6) is 5.77. The SMILES string of the molecule is CN=C(NN)c1ccncc1Cl. The second-order valence-electron chi connectivity index (χ2n) is 2.07. The number of halogens is 1. The molecule has 4 nitrogen and oxygen atoms in total. The molecule has 5 heteroatoms. The Bertz CT molecular complexity index is 297. The van der Waals surface area contributed by atoms with Gasteiger partial charge < -0.3 is 5.43 Å². The van der Waals surface area contributed by atoms with Crippen LogP contribution in [0.3, 0.4) is 0 Å². The van der Waals surface area contributed by atoms with Gasteiger partial charge in [0, 0.05) is 25.0 Å². The van der Waals surface area contributed by atoms with Crippen LogP contribution in [-0.4, -0.2) is 17.9 Å². The fourth-order valence-corrected chi connectivity index (χ4v) is 1.04. The number of aromatic nitrogens is 1. The third-order valence-electron chi connectivity index (χ3n) is 1.39. The smallest absolute Gasteiger partial charge is 0.143 e. The van der Waals surface area contributed by atoms with Gasteiger partial charge in [0.2, 0.25) is 0 Å². The quantitative estimate of drug-likeness (QED) is 0.290. The van der Waals surface area contributed by atoms with Gasteiger partial charge in [0.25, 0.3) is 0 Å². The molecule has 0 aliphatic heterocycles. The van der Waals surface area contributed by atoms with Crippen molar-refractivity contribution in [2.24, 2.45) is 10.8 Å². The van der Waals surface area contributed by atoms with Crippen molar-refractivity contribution in [3.63, 3.8) is 0 Å². The Morgan fingerprint density at radius 3 is 3.00 bits per heavy atom. The Morgan fingerprint density at radius 1 is 1.75 bits per heavy atom. The molecular weight excluding hydrogens is 176 g/mol. The van der Waals surface area contributed by atoms with Crippen LogP contribution in [0.1, 0.15) is 5.56 Å². The molecule has 0 bridgehead atoms. The Labute approximate surface area is 75.4 Å². The molecule has 0 saturated heterocycles. The van der Waals surface area contributed by atoms with Crippen molar-refractivity contribution >= 4 is 17.4 Å². The van der Waals surface area contributed by atoms with Crippen molar-refractivity contribution in [1.29, 1.82) is 0 Å². The fraction of sp³-hybridized carbons (Fsp3) is 0.143. The van der Waals surface area contributed by atoms with Crippen LogP contribution in [0.5, 0.6) is 0 Å². The number of rotatable bonds is 1. The van der Waals surface area contributed by atoms with E-state index in [1.807, 2.05) is 0 Å². The lowest BCUT2D eigenvalue weighted by atomic mass is 10.2. The van der Waals surface area contributed by atoms with Gasteiger partial charge in [-0.2, -0.15) is 0 Å². The van der Waals surface area contributed by atoms with Gasteiger partial charge in [0.15, 0.2) is 0 Å². The molecule has 0 radical (unpaired) electrons. The molecule has 0 saturated carbocycles. The minimum Gasteiger partial charge on any atom is -0.308 e. The molecule has 0 aliphatic rings. The number of hydrogen-bond acceptors (Lipinski definition) is 3. The first-order valence-corrected chi connectivity index (χ1v) is 3.70.